The maximum atomic E-state index is 13.8. The fraction of sp³-hybridized carbons (Fsp3) is 0.600. The van der Waals surface area contributed by atoms with Gasteiger partial charge in [0.15, 0.2) is 0 Å². The normalized spacial score (nSPS) is 13.6. The average Bonchev–Trinajstić information content (AvgIpc) is 2.43. The first-order chi connectivity index (χ1) is 9.33. The number of hydrogen-bond acceptors (Lipinski definition) is 4. The molecule has 0 bridgehead atoms. The smallest absolute Gasteiger partial charge is 0.132 e. The topological polar surface area (TPSA) is 52.9 Å². The lowest BCUT2D eigenvalue weighted by molar-refractivity contribution is 0.0608. The van der Waals surface area contributed by atoms with Crippen molar-refractivity contribution >= 4 is 0 Å². The summed E-state index contributed by atoms with van der Waals surface area (Å²) < 4.78 is 18.9. The van der Waals surface area contributed by atoms with E-state index in [1.807, 2.05) is 25.8 Å². The van der Waals surface area contributed by atoms with E-state index < -0.39 is 11.9 Å². The molecule has 20 heavy (non-hydrogen) atoms. The molecule has 0 aliphatic carbocycles. The van der Waals surface area contributed by atoms with Gasteiger partial charge in [-0.2, -0.15) is 0 Å². The lowest BCUT2D eigenvalue weighted by atomic mass is 10.0. The Kier molecular flexibility index (Phi) is 5.92. The monoisotopic (exact) mass is 285 g/mol. The van der Waals surface area contributed by atoms with Gasteiger partial charge in [0.05, 0.1) is 25.4 Å². The summed E-state index contributed by atoms with van der Waals surface area (Å²) in [6.45, 7) is 4.36. The SMILES string of the molecule is COc1cccc(F)c1C(O)CCN(C)C(C)(C)CO. The summed E-state index contributed by atoms with van der Waals surface area (Å²) in [5.74, 6) is -0.123. The summed E-state index contributed by atoms with van der Waals surface area (Å²) in [5, 5.41) is 19.5. The van der Waals surface area contributed by atoms with E-state index in [4.69, 9.17) is 4.74 Å². The van der Waals surface area contributed by atoms with Crippen molar-refractivity contribution in [2.75, 3.05) is 27.3 Å². The van der Waals surface area contributed by atoms with Crippen LogP contribution in [0.1, 0.15) is 31.9 Å². The minimum absolute atomic E-state index is 0.0165. The van der Waals surface area contributed by atoms with Crippen molar-refractivity contribution in [3.63, 3.8) is 0 Å². The third-order valence-electron chi connectivity index (χ3n) is 3.72. The van der Waals surface area contributed by atoms with Crippen molar-refractivity contribution in [1.29, 1.82) is 0 Å². The van der Waals surface area contributed by atoms with Gasteiger partial charge in [0.1, 0.15) is 11.6 Å². The fourth-order valence-corrected chi connectivity index (χ4v) is 1.90. The van der Waals surface area contributed by atoms with Crippen LogP contribution in [-0.2, 0) is 0 Å². The molecule has 1 aromatic carbocycles. The van der Waals surface area contributed by atoms with Crippen LogP contribution in [0, 0.1) is 5.82 Å². The van der Waals surface area contributed by atoms with E-state index in [9.17, 15) is 14.6 Å². The molecule has 0 aliphatic heterocycles. The second-order valence-electron chi connectivity index (χ2n) is 5.55. The molecule has 0 amide bonds. The predicted molar refractivity (Wildman–Crippen MR) is 76.3 cm³/mol. The molecule has 0 heterocycles. The summed E-state index contributed by atoms with van der Waals surface area (Å²) in [7, 11) is 3.31. The minimum Gasteiger partial charge on any atom is -0.496 e. The van der Waals surface area contributed by atoms with Crippen LogP contribution in [0.3, 0.4) is 0 Å². The molecule has 0 saturated carbocycles. The van der Waals surface area contributed by atoms with Gasteiger partial charge in [0, 0.05) is 12.1 Å². The Bertz CT molecular complexity index is 437. The molecule has 1 unspecified atom stereocenters. The van der Waals surface area contributed by atoms with Gasteiger partial charge in [-0.3, -0.25) is 4.90 Å². The molecule has 0 saturated heterocycles. The van der Waals surface area contributed by atoms with Crippen LogP contribution >= 0.6 is 0 Å². The number of halogens is 1. The van der Waals surface area contributed by atoms with E-state index in [1.165, 1.54) is 13.2 Å². The number of ether oxygens (including phenoxy) is 1. The van der Waals surface area contributed by atoms with Gasteiger partial charge in [-0.15, -0.1) is 0 Å². The second kappa shape index (κ2) is 7.02. The number of methoxy groups -OCH3 is 1. The van der Waals surface area contributed by atoms with Gasteiger partial charge in [-0.25, -0.2) is 4.39 Å². The van der Waals surface area contributed by atoms with Crippen LogP contribution in [0.4, 0.5) is 4.39 Å². The lowest BCUT2D eigenvalue weighted by Crippen LogP contribution is -2.44. The highest BCUT2D eigenvalue weighted by Crippen LogP contribution is 2.30. The Morgan fingerprint density at radius 1 is 1.40 bits per heavy atom. The van der Waals surface area contributed by atoms with Gasteiger partial charge >= 0.3 is 0 Å². The highest BCUT2D eigenvalue weighted by Gasteiger charge is 2.24. The summed E-state index contributed by atoms with van der Waals surface area (Å²) in [6, 6.07) is 4.48. The highest BCUT2D eigenvalue weighted by atomic mass is 19.1. The molecule has 1 aromatic rings. The highest BCUT2D eigenvalue weighted by molar-refractivity contribution is 5.36. The number of nitrogens with zero attached hydrogens (tertiary/aromatic N) is 1. The Hall–Kier alpha value is -1.17. The summed E-state index contributed by atoms with van der Waals surface area (Å²) >= 11 is 0. The minimum atomic E-state index is -0.942. The molecular formula is C15H24FNO3. The molecule has 4 nitrogen and oxygen atoms in total. The molecule has 0 aromatic heterocycles. The van der Waals surface area contributed by atoms with Gasteiger partial charge in [0.2, 0.25) is 0 Å². The zero-order valence-corrected chi connectivity index (χ0v) is 12.6. The molecule has 2 N–H and O–H groups in total. The van der Waals surface area contributed by atoms with Crippen molar-refractivity contribution in [1.82, 2.24) is 4.90 Å². The van der Waals surface area contributed by atoms with Crippen molar-refractivity contribution in [2.45, 2.75) is 31.9 Å². The first-order valence-electron chi connectivity index (χ1n) is 6.66. The molecule has 1 atom stereocenters. The first-order valence-corrected chi connectivity index (χ1v) is 6.66. The number of aliphatic hydroxyl groups is 2. The van der Waals surface area contributed by atoms with E-state index in [-0.39, 0.29) is 17.7 Å². The number of likely N-dealkylation sites (N-methyl/N-ethyl adjacent to an activating group) is 1. The fourth-order valence-electron chi connectivity index (χ4n) is 1.90. The van der Waals surface area contributed by atoms with E-state index in [1.54, 1.807) is 12.1 Å². The number of hydrogen-bond donors (Lipinski definition) is 2. The van der Waals surface area contributed by atoms with Gasteiger partial charge in [-0.05, 0) is 39.4 Å². The first kappa shape index (κ1) is 16.9. The quantitative estimate of drug-likeness (QED) is 0.804. The van der Waals surface area contributed by atoms with Crippen LogP contribution in [0.15, 0.2) is 18.2 Å². The van der Waals surface area contributed by atoms with E-state index in [0.717, 1.165) is 0 Å². The Morgan fingerprint density at radius 3 is 2.60 bits per heavy atom. The molecule has 5 heteroatoms. The zero-order chi connectivity index (χ0) is 15.3. The largest absolute Gasteiger partial charge is 0.496 e. The van der Waals surface area contributed by atoms with Crippen LogP contribution in [0.2, 0.25) is 0 Å². The van der Waals surface area contributed by atoms with Crippen LogP contribution in [0.25, 0.3) is 0 Å². The van der Waals surface area contributed by atoms with Crippen molar-refractivity contribution < 1.29 is 19.3 Å². The number of benzene rings is 1. The maximum Gasteiger partial charge on any atom is 0.132 e. The van der Waals surface area contributed by atoms with Crippen molar-refractivity contribution in [2.24, 2.45) is 0 Å². The maximum absolute atomic E-state index is 13.8. The van der Waals surface area contributed by atoms with E-state index >= 15 is 0 Å². The van der Waals surface area contributed by atoms with Crippen LogP contribution in [-0.4, -0.2) is 48.0 Å². The van der Waals surface area contributed by atoms with Gasteiger partial charge < -0.3 is 14.9 Å². The predicted octanol–water partition coefficient (Wildman–Crippen LogP) is 1.96. The van der Waals surface area contributed by atoms with E-state index in [0.29, 0.717) is 18.7 Å². The molecule has 114 valence electrons. The van der Waals surface area contributed by atoms with Crippen molar-refractivity contribution in [3.8, 4) is 5.75 Å². The summed E-state index contributed by atoms with van der Waals surface area (Å²) in [5.41, 5.74) is -0.191. The lowest BCUT2D eigenvalue weighted by Gasteiger charge is -2.34. The number of aliphatic hydroxyl groups excluding tert-OH is 2. The molecular weight excluding hydrogens is 261 g/mol. The third kappa shape index (κ3) is 3.91. The number of rotatable bonds is 7. The Balaban J connectivity index is 2.75. The van der Waals surface area contributed by atoms with E-state index in [2.05, 4.69) is 0 Å². The zero-order valence-electron chi connectivity index (χ0n) is 12.6. The Labute approximate surface area is 119 Å². The molecule has 0 fully saturated rings. The second-order valence-corrected chi connectivity index (χ2v) is 5.55. The average molecular weight is 285 g/mol. The van der Waals surface area contributed by atoms with Crippen molar-refractivity contribution in [3.05, 3.63) is 29.6 Å². The van der Waals surface area contributed by atoms with Crippen LogP contribution in [0.5, 0.6) is 5.75 Å². The molecule has 0 radical (unpaired) electrons. The molecule has 0 spiro atoms. The van der Waals surface area contributed by atoms with Gasteiger partial charge in [0.25, 0.3) is 0 Å². The van der Waals surface area contributed by atoms with Crippen LogP contribution < -0.4 is 4.74 Å². The van der Waals surface area contributed by atoms with Gasteiger partial charge in [-0.1, -0.05) is 6.07 Å². The molecule has 0 aliphatic rings. The molecule has 1 rings (SSSR count). The third-order valence-corrected chi connectivity index (χ3v) is 3.72. The summed E-state index contributed by atoms with van der Waals surface area (Å²) in [4.78, 5) is 1.93. The standard InChI is InChI=1S/C15H24FNO3/c1-15(2,10-18)17(3)9-8-12(19)14-11(16)6-5-7-13(14)20-4/h5-7,12,18-19H,8-10H2,1-4H3. The summed E-state index contributed by atoms with van der Waals surface area (Å²) in [6.07, 6.45) is -0.583. The Morgan fingerprint density at radius 2 is 2.05 bits per heavy atom.